The van der Waals surface area contributed by atoms with Gasteiger partial charge in [-0.2, -0.15) is 0 Å². The van der Waals surface area contributed by atoms with Crippen LogP contribution in [0.4, 0.5) is 11.4 Å². The number of carbonyl (C=O) groups is 1. The van der Waals surface area contributed by atoms with Gasteiger partial charge in [0, 0.05) is 27.8 Å². The average molecular weight is 487 g/mol. The van der Waals surface area contributed by atoms with E-state index in [0.717, 1.165) is 5.56 Å². The van der Waals surface area contributed by atoms with Gasteiger partial charge < -0.3 is 14.8 Å². The number of carbonyl (C=O) groups excluding carboxylic acids is 1. The third kappa shape index (κ3) is 6.25. The molecular weight excluding hydrogens is 467 g/mol. The maximum atomic E-state index is 12.3. The maximum absolute atomic E-state index is 12.3. The Morgan fingerprint density at radius 3 is 2.48 bits per heavy atom. The lowest BCUT2D eigenvalue weighted by atomic mass is 10.1. The lowest BCUT2D eigenvalue weighted by molar-refractivity contribution is -0.384. The van der Waals surface area contributed by atoms with Crippen LogP contribution in [0, 0.1) is 17.0 Å². The van der Waals surface area contributed by atoms with Crippen LogP contribution >= 0.6 is 23.2 Å². The molecule has 9 heteroatoms. The summed E-state index contributed by atoms with van der Waals surface area (Å²) in [4.78, 5) is 23.0. The topological polar surface area (TPSA) is 90.7 Å². The number of ether oxygens (including phenoxy) is 2. The molecule has 1 amide bonds. The van der Waals surface area contributed by atoms with Gasteiger partial charge in [-0.1, -0.05) is 41.4 Å². The monoisotopic (exact) mass is 486 g/mol. The highest BCUT2D eigenvalue weighted by Crippen LogP contribution is 2.32. The highest BCUT2D eigenvalue weighted by atomic mass is 35.5. The Morgan fingerprint density at radius 2 is 1.82 bits per heavy atom. The number of nitrogens with zero attached hydrogens (tertiary/aromatic N) is 1. The molecule has 3 aromatic carbocycles. The molecule has 0 aliphatic rings. The molecule has 0 heterocycles. The molecule has 0 aliphatic heterocycles. The fourth-order valence-corrected chi connectivity index (χ4v) is 3.48. The van der Waals surface area contributed by atoms with E-state index in [0.29, 0.717) is 32.7 Å². The van der Waals surface area contributed by atoms with Crippen LogP contribution in [0.25, 0.3) is 6.08 Å². The number of anilines is 1. The van der Waals surface area contributed by atoms with Crippen molar-refractivity contribution in [2.75, 3.05) is 12.4 Å². The van der Waals surface area contributed by atoms with Crippen molar-refractivity contribution in [2.45, 2.75) is 13.5 Å². The predicted octanol–water partition coefficient (Wildman–Crippen LogP) is 6.45. The standard InChI is InChI=1S/C24H20Cl2N2O5/c1-15-6-9-20(21(12-15)28(30)31)27-24(29)11-8-16-7-10-22(23(13-16)32-2)33-14-17-18(25)4-3-5-19(17)26/h3-13H,14H2,1-2H3,(H,27,29)/b11-8+. The molecular formula is C24H20Cl2N2O5. The first kappa shape index (κ1) is 24.1. The van der Waals surface area contributed by atoms with Crippen molar-refractivity contribution in [3.05, 3.63) is 97.5 Å². The van der Waals surface area contributed by atoms with E-state index in [2.05, 4.69) is 5.32 Å². The van der Waals surface area contributed by atoms with Crippen LogP contribution in [-0.4, -0.2) is 17.9 Å². The van der Waals surface area contributed by atoms with Crippen molar-refractivity contribution in [1.82, 2.24) is 0 Å². The number of benzene rings is 3. The van der Waals surface area contributed by atoms with Crippen LogP contribution in [0.2, 0.25) is 10.0 Å². The van der Waals surface area contributed by atoms with Crippen molar-refractivity contribution in [3.8, 4) is 11.5 Å². The normalized spacial score (nSPS) is 10.8. The van der Waals surface area contributed by atoms with Gasteiger partial charge in [0.25, 0.3) is 5.69 Å². The Labute approximate surface area is 200 Å². The van der Waals surface area contributed by atoms with E-state index >= 15 is 0 Å². The van der Waals surface area contributed by atoms with Gasteiger partial charge in [-0.15, -0.1) is 0 Å². The zero-order valence-electron chi connectivity index (χ0n) is 17.8. The number of nitrogens with one attached hydrogen (secondary N) is 1. The van der Waals surface area contributed by atoms with E-state index in [1.807, 2.05) is 0 Å². The summed E-state index contributed by atoms with van der Waals surface area (Å²) in [5.74, 6) is 0.426. The van der Waals surface area contributed by atoms with Crippen LogP contribution in [-0.2, 0) is 11.4 Å². The number of nitro benzene ring substituents is 1. The van der Waals surface area contributed by atoms with Gasteiger partial charge in [0.2, 0.25) is 5.91 Å². The summed E-state index contributed by atoms with van der Waals surface area (Å²) < 4.78 is 11.2. The lowest BCUT2D eigenvalue weighted by Crippen LogP contribution is -2.09. The fourth-order valence-electron chi connectivity index (χ4n) is 2.97. The Balaban J connectivity index is 1.70. The van der Waals surface area contributed by atoms with Gasteiger partial charge >= 0.3 is 0 Å². The summed E-state index contributed by atoms with van der Waals surface area (Å²) in [7, 11) is 1.50. The minimum Gasteiger partial charge on any atom is -0.493 e. The minimum absolute atomic E-state index is 0.125. The zero-order chi connectivity index (χ0) is 24.0. The van der Waals surface area contributed by atoms with Crippen LogP contribution in [0.5, 0.6) is 11.5 Å². The number of aryl methyl sites for hydroxylation is 1. The summed E-state index contributed by atoms with van der Waals surface area (Å²) in [6.45, 7) is 1.89. The Hall–Kier alpha value is -3.55. The van der Waals surface area contributed by atoms with Gasteiger partial charge in [0.05, 0.1) is 12.0 Å². The van der Waals surface area contributed by atoms with Crippen LogP contribution in [0.1, 0.15) is 16.7 Å². The summed E-state index contributed by atoms with van der Waals surface area (Å²) >= 11 is 12.4. The van der Waals surface area contributed by atoms with Crippen molar-refractivity contribution >= 4 is 46.6 Å². The van der Waals surface area contributed by atoms with E-state index < -0.39 is 10.8 Å². The summed E-state index contributed by atoms with van der Waals surface area (Å²) in [6, 6.07) is 14.9. The van der Waals surface area contributed by atoms with Crippen LogP contribution < -0.4 is 14.8 Å². The summed E-state index contributed by atoms with van der Waals surface area (Å²) in [5, 5.41) is 14.7. The van der Waals surface area contributed by atoms with Crippen LogP contribution in [0.15, 0.2) is 60.7 Å². The van der Waals surface area contributed by atoms with E-state index in [4.69, 9.17) is 32.7 Å². The SMILES string of the molecule is COc1cc(/C=C/C(=O)Nc2ccc(C)cc2[N+](=O)[O-])ccc1OCc1c(Cl)cccc1Cl. The number of rotatable bonds is 8. The Bertz CT molecular complexity index is 1210. The van der Waals surface area contributed by atoms with Crippen molar-refractivity contribution < 1.29 is 19.2 Å². The molecule has 0 aromatic heterocycles. The Morgan fingerprint density at radius 1 is 1.09 bits per heavy atom. The molecule has 3 aromatic rings. The molecule has 3 rings (SSSR count). The first-order valence-corrected chi connectivity index (χ1v) is 10.5. The number of methoxy groups -OCH3 is 1. The second kappa shape index (κ2) is 10.8. The van der Waals surface area contributed by atoms with Gasteiger partial charge in [-0.3, -0.25) is 14.9 Å². The molecule has 170 valence electrons. The molecule has 0 bridgehead atoms. The highest BCUT2D eigenvalue weighted by molar-refractivity contribution is 6.35. The molecule has 0 spiro atoms. The smallest absolute Gasteiger partial charge is 0.293 e. The van der Waals surface area contributed by atoms with Gasteiger partial charge in [0.15, 0.2) is 11.5 Å². The number of hydrogen-bond donors (Lipinski definition) is 1. The van der Waals surface area contributed by atoms with Crippen LogP contribution in [0.3, 0.4) is 0 Å². The van der Waals surface area contributed by atoms with E-state index in [-0.39, 0.29) is 18.0 Å². The van der Waals surface area contributed by atoms with Gasteiger partial charge in [-0.05, 0) is 54.5 Å². The van der Waals surface area contributed by atoms with Crippen molar-refractivity contribution in [3.63, 3.8) is 0 Å². The maximum Gasteiger partial charge on any atom is 0.293 e. The molecule has 0 aliphatic carbocycles. The van der Waals surface area contributed by atoms with E-state index in [1.54, 1.807) is 55.5 Å². The summed E-state index contributed by atoms with van der Waals surface area (Å²) in [5.41, 5.74) is 2.01. The molecule has 0 fully saturated rings. The minimum atomic E-state index is -0.536. The van der Waals surface area contributed by atoms with Crippen molar-refractivity contribution in [1.29, 1.82) is 0 Å². The fraction of sp³-hybridized carbons (Fsp3) is 0.125. The molecule has 0 radical (unpaired) electrons. The Kier molecular flexibility index (Phi) is 7.92. The second-order valence-electron chi connectivity index (χ2n) is 7.00. The largest absolute Gasteiger partial charge is 0.493 e. The molecule has 0 saturated heterocycles. The average Bonchev–Trinajstić information content (AvgIpc) is 2.78. The quantitative estimate of drug-likeness (QED) is 0.224. The molecule has 0 atom stereocenters. The molecule has 33 heavy (non-hydrogen) atoms. The van der Waals surface area contributed by atoms with E-state index in [1.165, 1.54) is 25.3 Å². The zero-order valence-corrected chi connectivity index (χ0v) is 19.3. The third-order valence-corrected chi connectivity index (χ3v) is 5.36. The first-order chi connectivity index (χ1) is 15.8. The number of halogens is 2. The van der Waals surface area contributed by atoms with Crippen molar-refractivity contribution in [2.24, 2.45) is 0 Å². The number of hydrogen-bond acceptors (Lipinski definition) is 5. The van der Waals surface area contributed by atoms with Gasteiger partial charge in [0.1, 0.15) is 12.3 Å². The predicted molar refractivity (Wildman–Crippen MR) is 129 cm³/mol. The summed E-state index contributed by atoms with van der Waals surface area (Å²) in [6.07, 6.45) is 2.84. The number of nitro groups is 1. The number of amides is 1. The second-order valence-corrected chi connectivity index (χ2v) is 7.81. The molecule has 0 unspecified atom stereocenters. The molecule has 1 N–H and O–H groups in total. The lowest BCUT2D eigenvalue weighted by Gasteiger charge is -2.13. The van der Waals surface area contributed by atoms with Gasteiger partial charge in [-0.25, -0.2) is 0 Å². The highest BCUT2D eigenvalue weighted by Gasteiger charge is 2.15. The molecule has 0 saturated carbocycles. The molecule has 7 nitrogen and oxygen atoms in total. The first-order valence-electron chi connectivity index (χ1n) is 9.76. The third-order valence-electron chi connectivity index (χ3n) is 4.66. The van der Waals surface area contributed by atoms with E-state index in [9.17, 15) is 14.9 Å².